The van der Waals surface area contributed by atoms with Crippen LogP contribution in [0.5, 0.6) is 0 Å². The number of anilines is 1. The van der Waals surface area contributed by atoms with Crippen molar-refractivity contribution in [3.63, 3.8) is 0 Å². The molecule has 2 rings (SSSR count). The molecule has 1 N–H and O–H groups in total. The summed E-state index contributed by atoms with van der Waals surface area (Å²) in [6, 6.07) is 1.95. The fourth-order valence-electron chi connectivity index (χ4n) is 2.11. The van der Waals surface area contributed by atoms with Crippen molar-refractivity contribution in [1.29, 1.82) is 0 Å². The molecule has 0 aromatic carbocycles. The minimum absolute atomic E-state index is 0.605. The Hall–Kier alpha value is -1.12. The summed E-state index contributed by atoms with van der Waals surface area (Å²) in [5, 5.41) is 3.31. The smallest absolute Gasteiger partial charge is 0.133 e. The van der Waals surface area contributed by atoms with Crippen molar-refractivity contribution >= 4 is 5.82 Å². The van der Waals surface area contributed by atoms with E-state index in [2.05, 4.69) is 22.2 Å². The lowest BCUT2D eigenvalue weighted by atomic mass is 10.1. The highest BCUT2D eigenvalue weighted by atomic mass is 15.0. The number of aromatic nitrogens is 2. The number of hydrogen-bond acceptors (Lipinski definition) is 3. The molecule has 1 aliphatic rings. The van der Waals surface area contributed by atoms with Crippen LogP contribution in [0.25, 0.3) is 0 Å². The van der Waals surface area contributed by atoms with E-state index in [0.29, 0.717) is 5.92 Å². The van der Waals surface area contributed by atoms with Crippen molar-refractivity contribution < 1.29 is 0 Å². The molecule has 1 aromatic heterocycles. The second-order valence-corrected chi connectivity index (χ2v) is 4.21. The average molecular weight is 205 g/mol. The maximum absolute atomic E-state index is 4.57. The summed E-state index contributed by atoms with van der Waals surface area (Å²) in [4.78, 5) is 8.95. The first-order chi connectivity index (χ1) is 7.40. The lowest BCUT2D eigenvalue weighted by Gasteiger charge is -2.09. The van der Waals surface area contributed by atoms with Crippen LogP contribution in [0.3, 0.4) is 0 Å². The maximum Gasteiger partial charge on any atom is 0.133 e. The number of rotatable bonds is 4. The van der Waals surface area contributed by atoms with Crippen molar-refractivity contribution in [3.05, 3.63) is 18.1 Å². The molecule has 0 unspecified atom stereocenters. The van der Waals surface area contributed by atoms with Gasteiger partial charge in [-0.1, -0.05) is 19.8 Å². The predicted molar refractivity (Wildman–Crippen MR) is 62.0 cm³/mol. The van der Waals surface area contributed by atoms with Crippen molar-refractivity contribution in [2.24, 2.45) is 0 Å². The minimum atomic E-state index is 0.605. The fraction of sp³-hybridized carbons (Fsp3) is 0.667. The molecule has 1 aromatic rings. The fourth-order valence-corrected chi connectivity index (χ4v) is 2.11. The van der Waals surface area contributed by atoms with Gasteiger partial charge in [-0.05, 0) is 25.3 Å². The lowest BCUT2D eigenvalue weighted by Crippen LogP contribution is -2.06. The summed E-state index contributed by atoms with van der Waals surface area (Å²) in [6.07, 6.45) is 8.19. The minimum Gasteiger partial charge on any atom is -0.370 e. The Morgan fingerprint density at radius 3 is 2.93 bits per heavy atom. The third-order valence-electron chi connectivity index (χ3n) is 2.95. The standard InChI is InChI=1S/C12H19N3/c1-2-8-13-11-7-9-14-12(15-11)10-5-3-4-6-10/h7,9-10H,2-6,8H2,1H3,(H,13,14,15). The summed E-state index contributed by atoms with van der Waals surface area (Å²) in [6.45, 7) is 3.15. The van der Waals surface area contributed by atoms with Gasteiger partial charge in [-0.3, -0.25) is 0 Å². The van der Waals surface area contributed by atoms with E-state index in [4.69, 9.17) is 0 Å². The van der Waals surface area contributed by atoms with Gasteiger partial charge in [0, 0.05) is 18.7 Å². The molecule has 0 amide bonds. The molecule has 3 nitrogen and oxygen atoms in total. The first-order valence-electron chi connectivity index (χ1n) is 5.97. The molecule has 1 saturated carbocycles. The first kappa shape index (κ1) is 10.4. The van der Waals surface area contributed by atoms with Crippen molar-refractivity contribution in [2.45, 2.75) is 44.9 Å². The Bertz CT molecular complexity index is 305. The van der Waals surface area contributed by atoms with Gasteiger partial charge in [-0.15, -0.1) is 0 Å². The van der Waals surface area contributed by atoms with E-state index >= 15 is 0 Å². The van der Waals surface area contributed by atoms with Gasteiger partial charge >= 0.3 is 0 Å². The number of hydrogen-bond donors (Lipinski definition) is 1. The van der Waals surface area contributed by atoms with Crippen LogP contribution < -0.4 is 5.32 Å². The number of nitrogens with one attached hydrogen (secondary N) is 1. The van der Waals surface area contributed by atoms with Gasteiger partial charge < -0.3 is 5.32 Å². The van der Waals surface area contributed by atoms with Crippen LogP contribution in [0.15, 0.2) is 12.3 Å². The summed E-state index contributed by atoms with van der Waals surface area (Å²) >= 11 is 0. The quantitative estimate of drug-likeness (QED) is 0.821. The molecule has 0 saturated heterocycles. The molecule has 82 valence electrons. The predicted octanol–water partition coefficient (Wildman–Crippen LogP) is 2.96. The molecule has 0 spiro atoms. The highest BCUT2D eigenvalue weighted by Crippen LogP contribution is 2.32. The summed E-state index contributed by atoms with van der Waals surface area (Å²) in [5.74, 6) is 2.62. The molecule has 0 atom stereocenters. The van der Waals surface area contributed by atoms with E-state index in [-0.39, 0.29) is 0 Å². The summed E-state index contributed by atoms with van der Waals surface area (Å²) < 4.78 is 0. The van der Waals surface area contributed by atoms with Crippen molar-refractivity contribution in [2.75, 3.05) is 11.9 Å². The molecule has 1 aliphatic carbocycles. The Morgan fingerprint density at radius 1 is 1.40 bits per heavy atom. The molecular formula is C12H19N3. The van der Waals surface area contributed by atoms with Crippen LogP contribution in [-0.2, 0) is 0 Å². The van der Waals surface area contributed by atoms with Crippen LogP contribution >= 0.6 is 0 Å². The molecule has 0 bridgehead atoms. The second kappa shape index (κ2) is 5.10. The topological polar surface area (TPSA) is 37.8 Å². The third kappa shape index (κ3) is 2.67. The highest BCUT2D eigenvalue weighted by molar-refractivity contribution is 5.33. The normalized spacial score (nSPS) is 16.9. The monoisotopic (exact) mass is 205 g/mol. The SMILES string of the molecule is CCCNc1ccnc(C2CCCC2)n1. The first-order valence-corrected chi connectivity index (χ1v) is 5.97. The van der Waals surface area contributed by atoms with E-state index in [1.54, 1.807) is 0 Å². The molecule has 1 heterocycles. The molecular weight excluding hydrogens is 186 g/mol. The second-order valence-electron chi connectivity index (χ2n) is 4.21. The van der Waals surface area contributed by atoms with Crippen molar-refractivity contribution in [1.82, 2.24) is 9.97 Å². The molecule has 0 radical (unpaired) electrons. The van der Waals surface area contributed by atoms with Gasteiger partial charge in [0.25, 0.3) is 0 Å². The van der Waals surface area contributed by atoms with Crippen LogP contribution in [0.1, 0.15) is 50.8 Å². The lowest BCUT2D eigenvalue weighted by molar-refractivity contribution is 0.668. The van der Waals surface area contributed by atoms with Crippen LogP contribution in [0, 0.1) is 0 Å². The average Bonchev–Trinajstić information content (AvgIpc) is 2.80. The zero-order valence-corrected chi connectivity index (χ0v) is 9.37. The van der Waals surface area contributed by atoms with Gasteiger partial charge in [0.1, 0.15) is 11.6 Å². The Kier molecular flexibility index (Phi) is 3.54. The number of nitrogens with zero attached hydrogens (tertiary/aromatic N) is 2. The van der Waals surface area contributed by atoms with Gasteiger partial charge in [-0.25, -0.2) is 9.97 Å². The van der Waals surface area contributed by atoms with Crippen LogP contribution in [-0.4, -0.2) is 16.5 Å². The molecule has 0 aliphatic heterocycles. The largest absolute Gasteiger partial charge is 0.370 e. The van der Waals surface area contributed by atoms with E-state index in [1.807, 2.05) is 12.3 Å². The zero-order valence-electron chi connectivity index (χ0n) is 9.37. The molecule has 15 heavy (non-hydrogen) atoms. The van der Waals surface area contributed by atoms with E-state index in [9.17, 15) is 0 Å². The van der Waals surface area contributed by atoms with E-state index in [1.165, 1.54) is 25.7 Å². The van der Waals surface area contributed by atoms with Gasteiger partial charge in [-0.2, -0.15) is 0 Å². The van der Waals surface area contributed by atoms with Gasteiger partial charge in [0.05, 0.1) is 0 Å². The highest BCUT2D eigenvalue weighted by Gasteiger charge is 2.19. The zero-order chi connectivity index (χ0) is 10.5. The van der Waals surface area contributed by atoms with Gasteiger partial charge in [0.15, 0.2) is 0 Å². The summed E-state index contributed by atoms with van der Waals surface area (Å²) in [5.41, 5.74) is 0. The van der Waals surface area contributed by atoms with Crippen LogP contribution in [0.2, 0.25) is 0 Å². The molecule has 1 fully saturated rings. The Balaban J connectivity index is 2.04. The van der Waals surface area contributed by atoms with Crippen LogP contribution in [0.4, 0.5) is 5.82 Å². The van der Waals surface area contributed by atoms with Crippen molar-refractivity contribution in [3.8, 4) is 0 Å². The Morgan fingerprint density at radius 2 is 2.20 bits per heavy atom. The maximum atomic E-state index is 4.57. The third-order valence-corrected chi connectivity index (χ3v) is 2.95. The molecule has 3 heteroatoms. The van der Waals surface area contributed by atoms with E-state index < -0.39 is 0 Å². The Labute approximate surface area is 91.3 Å². The van der Waals surface area contributed by atoms with E-state index in [0.717, 1.165) is 24.6 Å². The van der Waals surface area contributed by atoms with Gasteiger partial charge in [0.2, 0.25) is 0 Å². The summed E-state index contributed by atoms with van der Waals surface area (Å²) in [7, 11) is 0.